The van der Waals surface area contributed by atoms with E-state index in [1.165, 1.54) is 0 Å². The first kappa shape index (κ1) is 10.7. The first-order chi connectivity index (χ1) is 7.90. The minimum absolute atomic E-state index is 0.254. The van der Waals surface area contributed by atoms with Crippen molar-refractivity contribution in [3.8, 4) is 0 Å². The molecule has 4 heteroatoms. The Bertz CT molecular complexity index is 578. The smallest absolute Gasteiger partial charge is 0.252 e. The van der Waals surface area contributed by atoms with Crippen LogP contribution in [0.1, 0.15) is 18.4 Å². The first-order valence-electron chi connectivity index (χ1n) is 5.62. The van der Waals surface area contributed by atoms with Crippen LogP contribution in [-0.4, -0.2) is 10.5 Å². The van der Waals surface area contributed by atoms with Crippen molar-refractivity contribution in [2.24, 2.45) is 12.8 Å². The van der Waals surface area contributed by atoms with E-state index >= 15 is 0 Å². The molecule has 3 rings (SSSR count). The predicted molar refractivity (Wildman–Crippen MR) is 63.0 cm³/mol. The second-order valence-corrected chi connectivity index (χ2v) is 5.07. The average molecular weight is 236 g/mol. The van der Waals surface area contributed by atoms with E-state index in [0.717, 1.165) is 16.5 Å². The molecular formula is C13H14F2N2. The van der Waals surface area contributed by atoms with E-state index in [1.54, 1.807) is 0 Å². The Morgan fingerprint density at radius 1 is 1.24 bits per heavy atom. The van der Waals surface area contributed by atoms with Gasteiger partial charge >= 0.3 is 0 Å². The molecule has 0 bridgehead atoms. The number of rotatable bonds is 1. The minimum atomic E-state index is -2.60. The zero-order valence-electron chi connectivity index (χ0n) is 9.58. The Hall–Kier alpha value is -1.42. The Balaban J connectivity index is 2.04. The van der Waals surface area contributed by atoms with Crippen molar-refractivity contribution in [3.63, 3.8) is 0 Å². The van der Waals surface area contributed by atoms with Crippen molar-refractivity contribution in [2.45, 2.75) is 24.3 Å². The molecule has 90 valence electrons. The van der Waals surface area contributed by atoms with E-state index in [2.05, 4.69) is 0 Å². The minimum Gasteiger partial charge on any atom is -0.351 e. The summed E-state index contributed by atoms with van der Waals surface area (Å²) in [6.45, 7) is 0. The maximum atomic E-state index is 13.0. The standard InChI is InChI=1S/C13H14F2N2/c1-17-5-4-9-2-3-10(6-11(9)17)12(16)7-13(14,15)8-12/h2-6H,7-8,16H2,1H3. The quantitative estimate of drug-likeness (QED) is 0.811. The summed E-state index contributed by atoms with van der Waals surface area (Å²) in [5.41, 5.74) is 6.99. The van der Waals surface area contributed by atoms with Crippen LogP contribution in [0.15, 0.2) is 30.5 Å². The lowest BCUT2D eigenvalue weighted by Crippen LogP contribution is -2.55. The van der Waals surface area contributed by atoms with Gasteiger partial charge in [0.15, 0.2) is 0 Å². The maximum absolute atomic E-state index is 13.0. The normalized spacial score (nSPS) is 21.4. The highest BCUT2D eigenvalue weighted by Gasteiger charge is 2.55. The third kappa shape index (κ3) is 1.55. The number of alkyl halides is 2. The molecule has 2 aromatic rings. The third-order valence-electron chi connectivity index (χ3n) is 3.61. The molecule has 1 aliphatic rings. The largest absolute Gasteiger partial charge is 0.351 e. The molecule has 1 aromatic carbocycles. The monoisotopic (exact) mass is 236 g/mol. The van der Waals surface area contributed by atoms with Gasteiger partial charge in [0.2, 0.25) is 0 Å². The van der Waals surface area contributed by atoms with Gasteiger partial charge in [0.1, 0.15) is 0 Å². The van der Waals surface area contributed by atoms with E-state index < -0.39 is 11.5 Å². The van der Waals surface area contributed by atoms with Crippen LogP contribution in [0, 0.1) is 0 Å². The number of fused-ring (bicyclic) bond motifs is 1. The van der Waals surface area contributed by atoms with Crippen molar-refractivity contribution in [1.82, 2.24) is 4.57 Å². The lowest BCUT2D eigenvalue weighted by molar-refractivity contribution is -0.125. The third-order valence-corrected chi connectivity index (χ3v) is 3.61. The van der Waals surface area contributed by atoms with Crippen molar-refractivity contribution in [2.75, 3.05) is 0 Å². The molecule has 1 saturated carbocycles. The van der Waals surface area contributed by atoms with Crippen molar-refractivity contribution in [1.29, 1.82) is 0 Å². The summed E-state index contributed by atoms with van der Waals surface area (Å²) in [6, 6.07) is 7.72. The molecule has 1 aliphatic carbocycles. The maximum Gasteiger partial charge on any atom is 0.252 e. The molecular weight excluding hydrogens is 222 g/mol. The van der Waals surface area contributed by atoms with Gasteiger partial charge in [-0.15, -0.1) is 0 Å². The van der Waals surface area contributed by atoms with Gasteiger partial charge in [0.25, 0.3) is 5.92 Å². The number of halogens is 2. The van der Waals surface area contributed by atoms with Crippen LogP contribution < -0.4 is 5.73 Å². The highest BCUT2D eigenvalue weighted by molar-refractivity contribution is 5.81. The second-order valence-electron chi connectivity index (χ2n) is 5.07. The SMILES string of the molecule is Cn1ccc2ccc(C3(N)CC(F)(F)C3)cc21. The fourth-order valence-corrected chi connectivity index (χ4v) is 2.65. The second kappa shape index (κ2) is 3.07. The number of hydrogen-bond acceptors (Lipinski definition) is 1. The van der Waals surface area contributed by atoms with Crippen LogP contribution in [-0.2, 0) is 12.6 Å². The molecule has 2 N–H and O–H groups in total. The van der Waals surface area contributed by atoms with Crippen molar-refractivity contribution in [3.05, 3.63) is 36.0 Å². The summed E-state index contributed by atoms with van der Waals surface area (Å²) in [7, 11) is 1.94. The zero-order valence-corrected chi connectivity index (χ0v) is 9.58. The Morgan fingerprint density at radius 3 is 2.59 bits per heavy atom. The average Bonchev–Trinajstić information content (AvgIpc) is 2.57. The molecule has 0 radical (unpaired) electrons. The number of aryl methyl sites for hydroxylation is 1. The van der Waals surface area contributed by atoms with Crippen molar-refractivity contribution >= 4 is 10.9 Å². The van der Waals surface area contributed by atoms with Crippen LogP contribution in [0.2, 0.25) is 0 Å². The van der Waals surface area contributed by atoms with Crippen molar-refractivity contribution < 1.29 is 8.78 Å². The zero-order chi connectivity index (χ0) is 12.3. The lowest BCUT2D eigenvalue weighted by Gasteiger charge is -2.44. The highest BCUT2D eigenvalue weighted by Crippen LogP contribution is 2.50. The van der Waals surface area contributed by atoms with Gasteiger partial charge in [-0.3, -0.25) is 0 Å². The predicted octanol–water partition coefficient (Wildman–Crippen LogP) is 2.76. The van der Waals surface area contributed by atoms with Crippen LogP contribution in [0.4, 0.5) is 8.78 Å². The Kier molecular flexibility index (Phi) is 1.94. The lowest BCUT2D eigenvalue weighted by atomic mass is 9.70. The number of aromatic nitrogens is 1. The molecule has 1 fully saturated rings. The molecule has 0 amide bonds. The molecule has 0 unspecified atom stereocenters. The first-order valence-corrected chi connectivity index (χ1v) is 5.62. The molecule has 1 aromatic heterocycles. The summed E-state index contributed by atoms with van der Waals surface area (Å²) >= 11 is 0. The molecule has 17 heavy (non-hydrogen) atoms. The molecule has 0 atom stereocenters. The van der Waals surface area contributed by atoms with E-state index in [4.69, 9.17) is 5.73 Å². The molecule has 0 spiro atoms. The van der Waals surface area contributed by atoms with Gasteiger partial charge < -0.3 is 10.3 Å². The molecule has 0 aliphatic heterocycles. The molecule has 2 nitrogen and oxygen atoms in total. The Labute approximate surface area is 98.0 Å². The summed E-state index contributed by atoms with van der Waals surface area (Å²) in [4.78, 5) is 0. The van der Waals surface area contributed by atoms with Gasteiger partial charge in [-0.25, -0.2) is 8.78 Å². The van der Waals surface area contributed by atoms with Crippen LogP contribution in [0.3, 0.4) is 0 Å². The summed E-state index contributed by atoms with van der Waals surface area (Å²) in [6.07, 6.45) is 1.44. The summed E-state index contributed by atoms with van der Waals surface area (Å²) < 4.78 is 27.9. The Morgan fingerprint density at radius 2 is 1.94 bits per heavy atom. The number of hydrogen-bond donors (Lipinski definition) is 1. The fourth-order valence-electron chi connectivity index (χ4n) is 2.65. The summed E-state index contributed by atoms with van der Waals surface area (Å²) in [5.74, 6) is -2.60. The highest BCUT2D eigenvalue weighted by atomic mass is 19.3. The number of benzene rings is 1. The van der Waals surface area contributed by atoms with E-state index in [9.17, 15) is 8.78 Å². The topological polar surface area (TPSA) is 30.9 Å². The number of nitrogens with two attached hydrogens (primary N) is 1. The van der Waals surface area contributed by atoms with Gasteiger partial charge in [-0.1, -0.05) is 12.1 Å². The van der Waals surface area contributed by atoms with Crippen LogP contribution in [0.25, 0.3) is 10.9 Å². The van der Waals surface area contributed by atoms with Gasteiger partial charge in [-0.05, 0) is 23.1 Å². The molecule has 1 heterocycles. The summed E-state index contributed by atoms with van der Waals surface area (Å²) in [5, 5.41) is 1.10. The van der Waals surface area contributed by atoms with Gasteiger partial charge in [-0.2, -0.15) is 0 Å². The van der Waals surface area contributed by atoms with Crippen LogP contribution in [0.5, 0.6) is 0 Å². The van der Waals surface area contributed by atoms with E-state index in [1.807, 2.05) is 42.1 Å². The molecule has 0 saturated heterocycles. The van der Waals surface area contributed by atoms with E-state index in [-0.39, 0.29) is 12.8 Å². The van der Waals surface area contributed by atoms with E-state index in [0.29, 0.717) is 0 Å². The fraction of sp³-hybridized carbons (Fsp3) is 0.385. The van der Waals surface area contributed by atoms with Gasteiger partial charge in [0, 0.05) is 31.6 Å². The number of nitrogens with zero attached hydrogens (tertiary/aromatic N) is 1. The van der Waals surface area contributed by atoms with Crippen LogP contribution >= 0.6 is 0 Å². The van der Waals surface area contributed by atoms with Gasteiger partial charge in [0.05, 0.1) is 5.54 Å².